The lowest BCUT2D eigenvalue weighted by molar-refractivity contribution is 1.00. The predicted molar refractivity (Wildman–Crippen MR) is 78.6 cm³/mol. The van der Waals surface area contributed by atoms with Gasteiger partial charge in [0, 0.05) is 5.69 Å². The van der Waals surface area contributed by atoms with E-state index in [1.54, 1.807) is 6.07 Å². The number of aryl methyl sites for hydroxylation is 2. The van der Waals surface area contributed by atoms with E-state index in [-0.39, 0.29) is 0 Å². The van der Waals surface area contributed by atoms with Gasteiger partial charge in [-0.2, -0.15) is 0 Å². The molecule has 0 saturated carbocycles. The van der Waals surface area contributed by atoms with Crippen LogP contribution in [0.25, 0.3) is 17.0 Å². The van der Waals surface area contributed by atoms with Crippen LogP contribution in [0.2, 0.25) is 13.8 Å². The van der Waals surface area contributed by atoms with Gasteiger partial charge in [0.1, 0.15) is 4.34 Å². The summed E-state index contributed by atoms with van der Waals surface area (Å²) in [5.74, 6) is 0.619. The molecule has 0 N–H and O–H groups in total. The molecule has 0 atom stereocenters. The Balaban J connectivity index is 2.40. The molecule has 0 amide bonds. The van der Waals surface area contributed by atoms with Crippen LogP contribution >= 0.6 is 46.1 Å². The highest BCUT2D eigenvalue weighted by molar-refractivity contribution is 7.20. The summed E-state index contributed by atoms with van der Waals surface area (Å²) in [6, 6.07) is 1.77. The number of rotatable bonds is 1. The first-order valence-corrected chi connectivity index (χ1v) is 7.27. The Morgan fingerprint density at radius 3 is 2.53 bits per heavy atom. The molecule has 0 spiro atoms. The summed E-state index contributed by atoms with van der Waals surface area (Å²) in [6.07, 6.45) is 0. The van der Waals surface area contributed by atoms with Gasteiger partial charge in [0.05, 0.1) is 15.6 Å². The van der Waals surface area contributed by atoms with Crippen molar-refractivity contribution in [3.05, 3.63) is 31.3 Å². The molecule has 0 radical (unpaired) electrons. The van der Waals surface area contributed by atoms with Crippen molar-refractivity contribution in [2.45, 2.75) is 13.8 Å². The van der Waals surface area contributed by atoms with Gasteiger partial charge in [-0.25, -0.2) is 4.98 Å². The summed E-state index contributed by atoms with van der Waals surface area (Å²) in [5, 5.41) is 8.54. The smallest absolute Gasteiger partial charge is 0.199 e. The number of nitrogens with zero attached hydrogens (tertiary/aromatic N) is 4. The van der Waals surface area contributed by atoms with E-state index in [2.05, 4.69) is 15.2 Å². The average Bonchev–Trinajstić information content (AvgIpc) is 2.90. The first-order chi connectivity index (χ1) is 8.99. The summed E-state index contributed by atoms with van der Waals surface area (Å²) in [5.41, 5.74) is 2.99. The van der Waals surface area contributed by atoms with E-state index < -0.39 is 0 Å². The van der Waals surface area contributed by atoms with Crippen LogP contribution in [0.4, 0.5) is 0 Å². The second kappa shape index (κ2) is 4.59. The third-order valence-corrected chi connectivity index (χ3v) is 4.61. The lowest BCUT2D eigenvalue weighted by Gasteiger charge is -2.06. The molecule has 0 aliphatic heterocycles. The maximum absolute atomic E-state index is 6.17. The van der Waals surface area contributed by atoms with Gasteiger partial charge in [-0.15, -0.1) is 21.5 Å². The van der Waals surface area contributed by atoms with E-state index >= 15 is 0 Å². The number of hydrogen-bond donors (Lipinski definition) is 0. The quantitative estimate of drug-likeness (QED) is 0.661. The standard InChI is InChI=1S/C11H7Cl3N4S/c1-4-5(2)18-10(6-3-7(12)19-9(6)14)16-17-11(18)8(13)15-4/h3H,1-2H3. The summed E-state index contributed by atoms with van der Waals surface area (Å²) in [6.45, 7) is 3.81. The van der Waals surface area contributed by atoms with Crippen molar-refractivity contribution in [1.29, 1.82) is 0 Å². The second-order valence-corrected chi connectivity index (χ2v) is 6.64. The molecular formula is C11H7Cl3N4S. The third kappa shape index (κ3) is 2.01. The summed E-state index contributed by atoms with van der Waals surface area (Å²) in [4.78, 5) is 4.22. The molecule has 0 saturated heterocycles. The fraction of sp³-hybridized carbons (Fsp3) is 0.182. The Bertz CT molecular complexity index is 793. The fourth-order valence-corrected chi connectivity index (χ4v) is 3.55. The molecule has 8 heteroatoms. The summed E-state index contributed by atoms with van der Waals surface area (Å²) >= 11 is 19.5. The van der Waals surface area contributed by atoms with Crippen molar-refractivity contribution < 1.29 is 0 Å². The Hall–Kier alpha value is -0.880. The van der Waals surface area contributed by atoms with E-state index in [1.807, 2.05) is 18.2 Å². The van der Waals surface area contributed by atoms with Crippen molar-refractivity contribution in [2.24, 2.45) is 0 Å². The Kier molecular flexibility index (Phi) is 3.17. The molecule has 3 rings (SSSR count). The minimum Gasteiger partial charge on any atom is -0.275 e. The normalized spacial score (nSPS) is 11.4. The number of aromatic nitrogens is 4. The minimum atomic E-state index is 0.319. The van der Waals surface area contributed by atoms with Gasteiger partial charge >= 0.3 is 0 Å². The number of thiophene rings is 1. The largest absolute Gasteiger partial charge is 0.275 e. The SMILES string of the molecule is Cc1nc(Cl)c2nnc(-c3cc(Cl)sc3Cl)n2c1C. The van der Waals surface area contributed by atoms with Crippen molar-refractivity contribution in [1.82, 2.24) is 19.6 Å². The van der Waals surface area contributed by atoms with Gasteiger partial charge in [-0.05, 0) is 19.9 Å². The zero-order chi connectivity index (χ0) is 13.7. The Morgan fingerprint density at radius 1 is 1.16 bits per heavy atom. The van der Waals surface area contributed by atoms with Gasteiger partial charge in [0.25, 0.3) is 0 Å². The zero-order valence-corrected chi connectivity index (χ0v) is 13.0. The maximum Gasteiger partial charge on any atom is 0.199 e. The molecule has 0 aromatic carbocycles. The zero-order valence-electron chi connectivity index (χ0n) is 9.91. The highest BCUT2D eigenvalue weighted by Gasteiger charge is 2.19. The first kappa shape index (κ1) is 13.1. The predicted octanol–water partition coefficient (Wildman–Crippen LogP) is 4.43. The van der Waals surface area contributed by atoms with Crippen LogP contribution in [-0.2, 0) is 0 Å². The molecular weight excluding hydrogens is 327 g/mol. The van der Waals surface area contributed by atoms with E-state index in [1.165, 1.54) is 11.3 Å². The topological polar surface area (TPSA) is 43.1 Å². The van der Waals surface area contributed by atoms with Crippen LogP contribution in [0.3, 0.4) is 0 Å². The fourth-order valence-electron chi connectivity index (χ4n) is 1.84. The first-order valence-electron chi connectivity index (χ1n) is 5.32. The molecule has 3 aromatic heterocycles. The summed E-state index contributed by atoms with van der Waals surface area (Å²) < 4.78 is 3.02. The van der Waals surface area contributed by atoms with E-state index in [4.69, 9.17) is 34.8 Å². The third-order valence-electron chi connectivity index (χ3n) is 2.87. The van der Waals surface area contributed by atoms with Gasteiger partial charge in [0.15, 0.2) is 16.6 Å². The van der Waals surface area contributed by atoms with E-state index in [0.717, 1.165) is 17.0 Å². The number of hydrogen-bond acceptors (Lipinski definition) is 4. The van der Waals surface area contributed by atoms with Gasteiger partial charge in [0.2, 0.25) is 0 Å². The highest BCUT2D eigenvalue weighted by atomic mass is 35.5. The van der Waals surface area contributed by atoms with E-state index in [0.29, 0.717) is 25.3 Å². The lowest BCUT2D eigenvalue weighted by Crippen LogP contribution is -2.00. The molecule has 3 aromatic rings. The molecule has 0 bridgehead atoms. The van der Waals surface area contributed by atoms with Gasteiger partial charge < -0.3 is 0 Å². The molecule has 0 aliphatic carbocycles. The second-order valence-electron chi connectivity index (χ2n) is 3.99. The minimum absolute atomic E-state index is 0.319. The lowest BCUT2D eigenvalue weighted by atomic mass is 10.3. The van der Waals surface area contributed by atoms with E-state index in [9.17, 15) is 0 Å². The highest BCUT2D eigenvalue weighted by Crippen LogP contribution is 2.38. The Labute approximate surface area is 128 Å². The van der Waals surface area contributed by atoms with Crippen LogP contribution in [0, 0.1) is 13.8 Å². The van der Waals surface area contributed by atoms with Crippen molar-refractivity contribution in [3.63, 3.8) is 0 Å². The van der Waals surface area contributed by atoms with Crippen LogP contribution in [0.1, 0.15) is 11.4 Å². The van der Waals surface area contributed by atoms with Gasteiger partial charge in [-0.3, -0.25) is 4.40 Å². The molecule has 4 nitrogen and oxygen atoms in total. The number of halogens is 3. The maximum atomic E-state index is 6.17. The van der Waals surface area contributed by atoms with Crippen LogP contribution in [-0.4, -0.2) is 19.6 Å². The molecule has 3 heterocycles. The van der Waals surface area contributed by atoms with Crippen LogP contribution < -0.4 is 0 Å². The van der Waals surface area contributed by atoms with Crippen LogP contribution in [0.15, 0.2) is 6.07 Å². The van der Waals surface area contributed by atoms with Crippen molar-refractivity contribution >= 4 is 51.8 Å². The van der Waals surface area contributed by atoms with Gasteiger partial charge in [-0.1, -0.05) is 34.8 Å². The monoisotopic (exact) mass is 332 g/mol. The molecule has 98 valence electrons. The Morgan fingerprint density at radius 2 is 1.89 bits per heavy atom. The molecule has 0 aliphatic rings. The molecule has 19 heavy (non-hydrogen) atoms. The van der Waals surface area contributed by atoms with Crippen molar-refractivity contribution in [2.75, 3.05) is 0 Å². The number of fused-ring (bicyclic) bond motifs is 1. The summed E-state index contributed by atoms with van der Waals surface area (Å²) in [7, 11) is 0. The molecule has 0 unspecified atom stereocenters. The average molecular weight is 334 g/mol. The molecule has 0 fully saturated rings. The van der Waals surface area contributed by atoms with Crippen LogP contribution in [0.5, 0.6) is 0 Å². The van der Waals surface area contributed by atoms with Crippen molar-refractivity contribution in [3.8, 4) is 11.4 Å².